The van der Waals surface area contributed by atoms with E-state index in [-0.39, 0.29) is 5.91 Å². The van der Waals surface area contributed by atoms with Gasteiger partial charge in [0.05, 0.1) is 14.2 Å². The molecule has 0 aliphatic carbocycles. The summed E-state index contributed by atoms with van der Waals surface area (Å²) in [5, 5.41) is 5.98. The van der Waals surface area contributed by atoms with E-state index in [0.29, 0.717) is 18.7 Å². The first-order valence-corrected chi connectivity index (χ1v) is 7.40. The van der Waals surface area contributed by atoms with Crippen LogP contribution < -0.4 is 20.1 Å². The fourth-order valence-electron chi connectivity index (χ4n) is 2.24. The lowest BCUT2D eigenvalue weighted by molar-refractivity contribution is 0.0963. The van der Waals surface area contributed by atoms with Crippen molar-refractivity contribution >= 4 is 5.91 Å². The monoisotopic (exact) mass is 314 g/mol. The van der Waals surface area contributed by atoms with Crippen LogP contribution in [0, 0.1) is 0 Å². The second-order valence-corrected chi connectivity index (χ2v) is 5.10. The summed E-state index contributed by atoms with van der Waals surface area (Å²) in [4.78, 5) is 11.5. The van der Waals surface area contributed by atoms with Gasteiger partial charge in [0.1, 0.15) is 11.5 Å². The quantitative estimate of drug-likeness (QED) is 0.823. The average molecular weight is 314 g/mol. The Morgan fingerprint density at radius 1 is 0.913 bits per heavy atom. The third-order valence-electron chi connectivity index (χ3n) is 3.51. The number of methoxy groups -OCH3 is 2. The third kappa shape index (κ3) is 4.72. The van der Waals surface area contributed by atoms with E-state index in [4.69, 9.17) is 9.47 Å². The molecular formula is C18H22N2O3. The third-order valence-corrected chi connectivity index (χ3v) is 3.51. The number of ether oxygens (including phenoxy) is 2. The number of carbonyl (C=O) groups excluding carboxylic acids is 1. The molecule has 23 heavy (non-hydrogen) atoms. The van der Waals surface area contributed by atoms with Crippen LogP contribution in [-0.2, 0) is 13.1 Å². The standard InChI is InChI=1S/C18H22N2O3/c1-19-18(21)15-6-4-13(5-7-15)11-20-12-14-8-16(22-2)10-17(9-14)23-3/h4-10,20H,11-12H2,1-3H3,(H,19,21). The molecule has 5 heteroatoms. The van der Waals surface area contributed by atoms with Crippen LogP contribution in [0.2, 0.25) is 0 Å². The minimum atomic E-state index is -0.0759. The van der Waals surface area contributed by atoms with Crippen molar-refractivity contribution in [3.8, 4) is 11.5 Å². The molecule has 0 aliphatic heterocycles. The number of carbonyl (C=O) groups is 1. The van der Waals surface area contributed by atoms with Gasteiger partial charge in [-0.25, -0.2) is 0 Å². The van der Waals surface area contributed by atoms with Crippen molar-refractivity contribution in [2.75, 3.05) is 21.3 Å². The van der Waals surface area contributed by atoms with Crippen molar-refractivity contribution in [3.05, 3.63) is 59.2 Å². The van der Waals surface area contributed by atoms with E-state index < -0.39 is 0 Å². The summed E-state index contributed by atoms with van der Waals surface area (Å²) in [5.41, 5.74) is 2.87. The zero-order valence-electron chi connectivity index (χ0n) is 13.7. The van der Waals surface area contributed by atoms with Crippen LogP contribution in [0.3, 0.4) is 0 Å². The highest BCUT2D eigenvalue weighted by Gasteiger charge is 2.04. The maximum atomic E-state index is 11.5. The van der Waals surface area contributed by atoms with Crippen LogP contribution in [-0.4, -0.2) is 27.2 Å². The van der Waals surface area contributed by atoms with Crippen molar-refractivity contribution in [1.29, 1.82) is 0 Å². The fourth-order valence-corrected chi connectivity index (χ4v) is 2.24. The second-order valence-electron chi connectivity index (χ2n) is 5.10. The molecule has 0 unspecified atom stereocenters. The molecule has 0 atom stereocenters. The number of rotatable bonds is 7. The Balaban J connectivity index is 1.93. The highest BCUT2D eigenvalue weighted by molar-refractivity contribution is 5.93. The van der Waals surface area contributed by atoms with E-state index in [0.717, 1.165) is 22.6 Å². The van der Waals surface area contributed by atoms with Crippen molar-refractivity contribution in [1.82, 2.24) is 10.6 Å². The molecule has 5 nitrogen and oxygen atoms in total. The van der Waals surface area contributed by atoms with E-state index in [9.17, 15) is 4.79 Å². The molecule has 2 N–H and O–H groups in total. The molecule has 1 amide bonds. The Morgan fingerprint density at radius 2 is 1.48 bits per heavy atom. The minimum absolute atomic E-state index is 0.0759. The molecule has 0 saturated heterocycles. The van der Waals surface area contributed by atoms with Gasteiger partial charge < -0.3 is 20.1 Å². The van der Waals surface area contributed by atoms with Gasteiger partial charge in [0, 0.05) is 31.8 Å². The van der Waals surface area contributed by atoms with Crippen molar-refractivity contribution in [3.63, 3.8) is 0 Å². The summed E-state index contributed by atoms with van der Waals surface area (Å²) in [6.45, 7) is 1.41. The van der Waals surface area contributed by atoms with E-state index in [2.05, 4.69) is 10.6 Å². The van der Waals surface area contributed by atoms with Crippen LogP contribution >= 0.6 is 0 Å². The molecule has 0 heterocycles. The van der Waals surface area contributed by atoms with Crippen molar-refractivity contribution < 1.29 is 14.3 Å². The molecule has 0 radical (unpaired) electrons. The lowest BCUT2D eigenvalue weighted by atomic mass is 10.1. The summed E-state index contributed by atoms with van der Waals surface area (Å²) in [6, 6.07) is 13.3. The minimum Gasteiger partial charge on any atom is -0.497 e. The first-order valence-electron chi connectivity index (χ1n) is 7.40. The maximum absolute atomic E-state index is 11.5. The molecule has 0 bridgehead atoms. The Morgan fingerprint density at radius 3 is 2.00 bits per heavy atom. The van der Waals surface area contributed by atoms with Crippen LogP contribution in [0.1, 0.15) is 21.5 Å². The van der Waals surface area contributed by atoms with E-state index in [1.54, 1.807) is 21.3 Å². The molecule has 0 spiro atoms. The van der Waals surface area contributed by atoms with Crippen molar-refractivity contribution in [2.24, 2.45) is 0 Å². The Labute approximate surface area is 136 Å². The predicted octanol–water partition coefficient (Wildman–Crippen LogP) is 2.35. The SMILES string of the molecule is CNC(=O)c1ccc(CNCc2cc(OC)cc(OC)c2)cc1. The van der Waals surface area contributed by atoms with Crippen LogP contribution in [0.25, 0.3) is 0 Å². The zero-order chi connectivity index (χ0) is 16.7. The van der Waals surface area contributed by atoms with E-state index >= 15 is 0 Å². The molecule has 2 aromatic carbocycles. The number of nitrogens with one attached hydrogen (secondary N) is 2. The summed E-state index contributed by atoms with van der Waals surface area (Å²) in [7, 11) is 4.90. The topological polar surface area (TPSA) is 59.6 Å². The maximum Gasteiger partial charge on any atom is 0.251 e. The molecule has 0 aliphatic rings. The average Bonchev–Trinajstić information content (AvgIpc) is 2.61. The Hall–Kier alpha value is -2.53. The van der Waals surface area contributed by atoms with Gasteiger partial charge in [0.2, 0.25) is 0 Å². The summed E-state index contributed by atoms with van der Waals surface area (Å²) in [6.07, 6.45) is 0. The largest absolute Gasteiger partial charge is 0.497 e. The van der Waals surface area contributed by atoms with Gasteiger partial charge in [-0.05, 0) is 35.4 Å². The van der Waals surface area contributed by atoms with Gasteiger partial charge in [-0.2, -0.15) is 0 Å². The molecule has 0 fully saturated rings. The summed E-state index contributed by atoms with van der Waals surface area (Å²) in [5.74, 6) is 1.47. The number of benzene rings is 2. The van der Waals surface area contributed by atoms with E-state index in [1.165, 1.54) is 0 Å². The zero-order valence-corrected chi connectivity index (χ0v) is 13.7. The second kappa shape index (κ2) is 8.19. The predicted molar refractivity (Wildman–Crippen MR) is 89.9 cm³/mol. The number of amides is 1. The summed E-state index contributed by atoms with van der Waals surface area (Å²) < 4.78 is 10.5. The first kappa shape index (κ1) is 16.8. The number of hydrogen-bond donors (Lipinski definition) is 2. The highest BCUT2D eigenvalue weighted by atomic mass is 16.5. The lowest BCUT2D eigenvalue weighted by Gasteiger charge is -2.10. The molecule has 2 aromatic rings. The smallest absolute Gasteiger partial charge is 0.251 e. The van der Waals surface area contributed by atoms with Crippen molar-refractivity contribution in [2.45, 2.75) is 13.1 Å². The van der Waals surface area contributed by atoms with Crippen LogP contribution in [0.15, 0.2) is 42.5 Å². The molecule has 0 aromatic heterocycles. The molecule has 2 rings (SSSR count). The first-order chi connectivity index (χ1) is 11.2. The van der Waals surface area contributed by atoms with Crippen LogP contribution in [0.4, 0.5) is 0 Å². The summed E-state index contributed by atoms with van der Waals surface area (Å²) >= 11 is 0. The van der Waals surface area contributed by atoms with Gasteiger partial charge in [-0.15, -0.1) is 0 Å². The van der Waals surface area contributed by atoms with Crippen LogP contribution in [0.5, 0.6) is 11.5 Å². The normalized spacial score (nSPS) is 10.2. The fraction of sp³-hybridized carbons (Fsp3) is 0.278. The van der Waals surface area contributed by atoms with Gasteiger partial charge >= 0.3 is 0 Å². The van der Waals surface area contributed by atoms with E-state index in [1.807, 2.05) is 42.5 Å². The number of hydrogen-bond acceptors (Lipinski definition) is 4. The lowest BCUT2D eigenvalue weighted by Crippen LogP contribution is -2.18. The molecular weight excluding hydrogens is 292 g/mol. The highest BCUT2D eigenvalue weighted by Crippen LogP contribution is 2.22. The van der Waals surface area contributed by atoms with Gasteiger partial charge in [-0.1, -0.05) is 12.1 Å². The van der Waals surface area contributed by atoms with Gasteiger partial charge in [0.25, 0.3) is 5.91 Å². The van der Waals surface area contributed by atoms with Gasteiger partial charge in [0.15, 0.2) is 0 Å². The molecule has 0 saturated carbocycles. The van der Waals surface area contributed by atoms with Gasteiger partial charge in [-0.3, -0.25) is 4.79 Å². The molecule has 122 valence electrons. The Kier molecular flexibility index (Phi) is 6.00. The Bertz CT molecular complexity index is 632.